The molecular formula is C31H37NO3. The van der Waals surface area contributed by atoms with Crippen molar-refractivity contribution in [3.05, 3.63) is 89.1 Å². The van der Waals surface area contributed by atoms with E-state index in [0.717, 1.165) is 62.8 Å². The van der Waals surface area contributed by atoms with Crippen LogP contribution in [0.3, 0.4) is 0 Å². The molecule has 0 saturated heterocycles. The smallest absolute Gasteiger partial charge is 0.213 e. The summed E-state index contributed by atoms with van der Waals surface area (Å²) in [6.45, 7) is 2.60. The first-order valence-corrected chi connectivity index (χ1v) is 13.1. The van der Waals surface area contributed by atoms with Crippen molar-refractivity contribution in [2.45, 2.75) is 75.9 Å². The Labute approximate surface area is 209 Å². The Morgan fingerprint density at radius 2 is 1.89 bits per heavy atom. The molecule has 2 aliphatic carbocycles. The van der Waals surface area contributed by atoms with E-state index < -0.39 is 5.60 Å². The molecule has 3 atom stereocenters. The van der Waals surface area contributed by atoms with Crippen LogP contribution in [0.25, 0.3) is 0 Å². The van der Waals surface area contributed by atoms with Crippen molar-refractivity contribution in [2.24, 2.45) is 5.92 Å². The zero-order valence-electron chi connectivity index (χ0n) is 21.0. The second kappa shape index (κ2) is 10.0. The number of ether oxygens (including phenoxy) is 2. The number of aliphatic hydroxyl groups is 1. The van der Waals surface area contributed by atoms with Gasteiger partial charge in [0.1, 0.15) is 12.4 Å². The number of hydrogen-bond donors (Lipinski definition) is 1. The molecule has 4 heteroatoms. The van der Waals surface area contributed by atoms with Crippen LogP contribution in [-0.2, 0) is 24.9 Å². The third-order valence-electron chi connectivity index (χ3n) is 8.27. The fourth-order valence-electron chi connectivity index (χ4n) is 6.62. The Kier molecular flexibility index (Phi) is 6.84. The Bertz CT molecular complexity index is 1150. The molecule has 0 aliphatic heterocycles. The van der Waals surface area contributed by atoms with Crippen molar-refractivity contribution in [1.82, 2.24) is 4.98 Å². The molecule has 1 N–H and O–H groups in total. The molecule has 0 spiro atoms. The van der Waals surface area contributed by atoms with Gasteiger partial charge in [-0.25, -0.2) is 4.98 Å². The second-order valence-electron chi connectivity index (χ2n) is 10.5. The van der Waals surface area contributed by atoms with Gasteiger partial charge in [-0.05, 0) is 85.8 Å². The summed E-state index contributed by atoms with van der Waals surface area (Å²) in [6.07, 6.45) is 7.94. The van der Waals surface area contributed by atoms with Crippen LogP contribution in [0.15, 0.2) is 66.7 Å². The average Bonchev–Trinajstić information content (AvgIpc) is 2.88. The summed E-state index contributed by atoms with van der Waals surface area (Å²) < 4.78 is 11.4. The fourth-order valence-corrected chi connectivity index (χ4v) is 6.62. The second-order valence-corrected chi connectivity index (χ2v) is 10.5. The lowest BCUT2D eigenvalue weighted by Crippen LogP contribution is -2.51. The molecule has 0 amide bonds. The molecule has 4 nitrogen and oxygen atoms in total. The van der Waals surface area contributed by atoms with Crippen molar-refractivity contribution >= 4 is 0 Å². The van der Waals surface area contributed by atoms with Crippen LogP contribution in [0.2, 0.25) is 0 Å². The van der Waals surface area contributed by atoms with Gasteiger partial charge < -0.3 is 14.6 Å². The highest BCUT2D eigenvalue weighted by Gasteiger charge is 2.51. The summed E-state index contributed by atoms with van der Waals surface area (Å²) in [6, 6.07) is 23.3. The Hall–Kier alpha value is -2.85. The highest BCUT2D eigenvalue weighted by molar-refractivity contribution is 5.45. The van der Waals surface area contributed by atoms with E-state index in [1.807, 2.05) is 18.2 Å². The highest BCUT2D eigenvalue weighted by Crippen LogP contribution is 2.55. The van der Waals surface area contributed by atoms with Crippen LogP contribution in [-0.4, -0.2) is 22.8 Å². The number of aryl methyl sites for hydroxylation is 1. The molecular weight excluding hydrogens is 434 g/mol. The first-order chi connectivity index (χ1) is 17.0. The Morgan fingerprint density at radius 3 is 2.69 bits per heavy atom. The molecule has 2 aromatic carbocycles. The fraction of sp³-hybridized carbons (Fsp3) is 0.452. The molecule has 3 aromatic rings. The van der Waals surface area contributed by atoms with Gasteiger partial charge in [-0.15, -0.1) is 0 Å². The van der Waals surface area contributed by atoms with Crippen molar-refractivity contribution in [3.63, 3.8) is 0 Å². The summed E-state index contributed by atoms with van der Waals surface area (Å²) in [7, 11) is 1.63. The number of fused-ring (bicyclic) bond motifs is 3. The van der Waals surface area contributed by atoms with Gasteiger partial charge in [0.05, 0.1) is 18.4 Å². The summed E-state index contributed by atoms with van der Waals surface area (Å²) >= 11 is 0. The molecule has 0 radical (unpaired) electrons. The van der Waals surface area contributed by atoms with E-state index in [1.165, 1.54) is 16.7 Å². The van der Waals surface area contributed by atoms with E-state index in [4.69, 9.17) is 9.47 Å². The van der Waals surface area contributed by atoms with Gasteiger partial charge in [-0.3, -0.25) is 0 Å². The van der Waals surface area contributed by atoms with E-state index in [0.29, 0.717) is 18.4 Å². The number of aromatic nitrogens is 1. The van der Waals surface area contributed by atoms with Gasteiger partial charge in [0.25, 0.3) is 0 Å². The minimum Gasteiger partial charge on any atom is -0.487 e. The van der Waals surface area contributed by atoms with Crippen LogP contribution in [0.1, 0.15) is 67.8 Å². The van der Waals surface area contributed by atoms with Crippen molar-refractivity contribution in [2.75, 3.05) is 7.11 Å². The normalized spacial score (nSPS) is 25.4. The quantitative estimate of drug-likeness (QED) is 0.411. The van der Waals surface area contributed by atoms with E-state index in [2.05, 4.69) is 60.4 Å². The number of hydrogen-bond acceptors (Lipinski definition) is 4. The monoisotopic (exact) mass is 471 g/mol. The standard InChI is InChI=1S/C31H37NO3/c1-3-16-30(33)17-18-31(20-23-8-5-4-6-9-23)25(21-30)13-12-24-19-27(14-15-28(24)31)35-22-26-10-7-11-29(32-26)34-2/h4-11,14-15,19,25,33H,3,12-13,16-18,20-22H2,1-2H3/t25-,30-,31+/m1/s1. The number of rotatable bonds is 8. The van der Waals surface area contributed by atoms with Crippen molar-refractivity contribution in [1.29, 1.82) is 0 Å². The Balaban J connectivity index is 1.43. The van der Waals surface area contributed by atoms with E-state index in [1.54, 1.807) is 7.11 Å². The van der Waals surface area contributed by atoms with E-state index >= 15 is 0 Å². The molecule has 2 aliphatic rings. The maximum atomic E-state index is 11.4. The lowest BCUT2D eigenvalue weighted by molar-refractivity contribution is -0.0565. The zero-order valence-corrected chi connectivity index (χ0v) is 21.0. The minimum absolute atomic E-state index is 0.0712. The molecule has 1 saturated carbocycles. The molecule has 1 aromatic heterocycles. The van der Waals surface area contributed by atoms with Crippen LogP contribution in [0.4, 0.5) is 0 Å². The van der Waals surface area contributed by atoms with Gasteiger partial charge in [-0.2, -0.15) is 0 Å². The number of benzene rings is 2. The number of pyridine rings is 1. The first-order valence-electron chi connectivity index (χ1n) is 13.1. The summed E-state index contributed by atoms with van der Waals surface area (Å²) in [5, 5.41) is 11.4. The number of nitrogens with zero attached hydrogens (tertiary/aromatic N) is 1. The zero-order chi connectivity index (χ0) is 24.3. The lowest BCUT2D eigenvalue weighted by atomic mass is 9.52. The van der Waals surface area contributed by atoms with Gasteiger partial charge in [0.2, 0.25) is 5.88 Å². The molecule has 184 valence electrons. The SMILES string of the molecule is CCC[C@@]1(O)CC[C@@]2(Cc3ccccc3)c3ccc(OCc4cccc(OC)n4)cc3CC[C@@H]2C1. The summed E-state index contributed by atoms with van der Waals surface area (Å²) in [4.78, 5) is 4.46. The maximum absolute atomic E-state index is 11.4. The first kappa shape index (κ1) is 23.9. The highest BCUT2D eigenvalue weighted by atomic mass is 16.5. The predicted molar refractivity (Wildman–Crippen MR) is 139 cm³/mol. The third kappa shape index (κ3) is 4.95. The van der Waals surface area contributed by atoms with Crippen LogP contribution in [0, 0.1) is 5.92 Å². The van der Waals surface area contributed by atoms with Gasteiger partial charge in [-0.1, -0.05) is 55.8 Å². The van der Waals surface area contributed by atoms with Crippen molar-refractivity contribution < 1.29 is 14.6 Å². The summed E-state index contributed by atoms with van der Waals surface area (Å²) in [5.41, 5.74) is 4.66. The average molecular weight is 472 g/mol. The lowest BCUT2D eigenvalue weighted by Gasteiger charge is -2.53. The minimum atomic E-state index is -0.510. The molecule has 1 heterocycles. The van der Waals surface area contributed by atoms with Gasteiger partial charge in [0.15, 0.2) is 0 Å². The largest absolute Gasteiger partial charge is 0.487 e. The van der Waals surface area contributed by atoms with Gasteiger partial charge in [0, 0.05) is 11.5 Å². The topological polar surface area (TPSA) is 51.6 Å². The molecule has 5 rings (SSSR count). The molecule has 0 unspecified atom stereocenters. The van der Waals surface area contributed by atoms with E-state index in [-0.39, 0.29) is 5.41 Å². The third-order valence-corrected chi connectivity index (χ3v) is 8.27. The van der Waals surface area contributed by atoms with Crippen LogP contribution < -0.4 is 9.47 Å². The van der Waals surface area contributed by atoms with Crippen LogP contribution in [0.5, 0.6) is 11.6 Å². The summed E-state index contributed by atoms with van der Waals surface area (Å²) in [5.74, 6) is 1.99. The maximum Gasteiger partial charge on any atom is 0.213 e. The van der Waals surface area contributed by atoms with Gasteiger partial charge >= 0.3 is 0 Å². The molecule has 0 bridgehead atoms. The van der Waals surface area contributed by atoms with Crippen molar-refractivity contribution in [3.8, 4) is 11.6 Å². The molecule has 35 heavy (non-hydrogen) atoms. The number of methoxy groups -OCH3 is 1. The Morgan fingerprint density at radius 1 is 1.03 bits per heavy atom. The molecule has 1 fully saturated rings. The van der Waals surface area contributed by atoms with E-state index in [9.17, 15) is 5.11 Å². The van der Waals surface area contributed by atoms with Crippen LogP contribution >= 0.6 is 0 Å². The predicted octanol–water partition coefficient (Wildman–Crippen LogP) is 6.43.